The molecular formula is C23H27Cl2N5OS. The highest BCUT2D eigenvalue weighted by molar-refractivity contribution is 8.00. The standard InChI is InChI=1S/C23H27Cl2N5OS/c1-5-20(29(3)4)21-27-28-23(30(21)14-16-9-7-6-8-10-16)32-15(2)22(31)26-19-12-17(24)11-18(25)13-19/h6-13,15,20H,5,14H2,1-4H3,(H,26,31). The maximum atomic E-state index is 12.8. The first-order valence-corrected chi connectivity index (χ1v) is 12.0. The Morgan fingerprint density at radius 1 is 1.12 bits per heavy atom. The van der Waals surface area contributed by atoms with E-state index in [0.717, 1.165) is 17.8 Å². The summed E-state index contributed by atoms with van der Waals surface area (Å²) < 4.78 is 2.11. The summed E-state index contributed by atoms with van der Waals surface area (Å²) >= 11 is 13.5. The van der Waals surface area contributed by atoms with Gasteiger partial charge in [-0.05, 0) is 51.2 Å². The fourth-order valence-electron chi connectivity index (χ4n) is 3.41. The lowest BCUT2D eigenvalue weighted by Crippen LogP contribution is -2.25. The summed E-state index contributed by atoms with van der Waals surface area (Å²) in [5.41, 5.74) is 1.71. The van der Waals surface area contributed by atoms with Gasteiger partial charge < -0.3 is 9.88 Å². The van der Waals surface area contributed by atoms with Crippen LogP contribution >= 0.6 is 35.0 Å². The number of aromatic nitrogens is 3. The number of hydrogen-bond donors (Lipinski definition) is 1. The third-order valence-corrected chi connectivity index (χ3v) is 6.54. The van der Waals surface area contributed by atoms with Crippen LogP contribution in [0.15, 0.2) is 53.7 Å². The van der Waals surface area contributed by atoms with Crippen LogP contribution in [0.5, 0.6) is 0 Å². The SMILES string of the molecule is CCC(c1nnc(SC(C)C(=O)Nc2cc(Cl)cc(Cl)c2)n1Cc1ccccc1)N(C)C. The highest BCUT2D eigenvalue weighted by Crippen LogP contribution is 2.29. The molecule has 1 heterocycles. The molecule has 1 aromatic heterocycles. The van der Waals surface area contributed by atoms with Gasteiger partial charge in [-0.2, -0.15) is 0 Å². The summed E-state index contributed by atoms with van der Waals surface area (Å²) in [6.07, 6.45) is 0.899. The number of hydrogen-bond acceptors (Lipinski definition) is 5. The van der Waals surface area contributed by atoms with Crippen molar-refractivity contribution in [1.29, 1.82) is 0 Å². The first-order valence-electron chi connectivity index (χ1n) is 10.4. The molecule has 0 radical (unpaired) electrons. The van der Waals surface area contributed by atoms with Gasteiger partial charge in [-0.3, -0.25) is 9.69 Å². The van der Waals surface area contributed by atoms with Gasteiger partial charge in [-0.15, -0.1) is 10.2 Å². The number of amides is 1. The molecular weight excluding hydrogens is 465 g/mol. The van der Waals surface area contributed by atoms with Crippen LogP contribution in [0.2, 0.25) is 10.0 Å². The topological polar surface area (TPSA) is 63.1 Å². The summed E-state index contributed by atoms with van der Waals surface area (Å²) in [5, 5.41) is 13.1. The van der Waals surface area contributed by atoms with Crippen molar-refractivity contribution in [2.45, 2.75) is 43.3 Å². The summed E-state index contributed by atoms with van der Waals surface area (Å²) in [5.74, 6) is 0.724. The van der Waals surface area contributed by atoms with Gasteiger partial charge in [0.05, 0.1) is 17.8 Å². The number of carbonyl (C=O) groups excluding carboxylic acids is 1. The van der Waals surface area contributed by atoms with Crippen LogP contribution < -0.4 is 5.32 Å². The van der Waals surface area contributed by atoms with Crippen molar-refractivity contribution in [1.82, 2.24) is 19.7 Å². The van der Waals surface area contributed by atoms with Crippen molar-refractivity contribution in [3.8, 4) is 0 Å². The van der Waals surface area contributed by atoms with Gasteiger partial charge in [0.1, 0.15) is 0 Å². The normalized spacial score (nSPS) is 13.2. The van der Waals surface area contributed by atoms with E-state index < -0.39 is 5.25 Å². The highest BCUT2D eigenvalue weighted by Gasteiger charge is 2.25. The second kappa shape index (κ2) is 11.2. The number of carbonyl (C=O) groups is 1. The van der Waals surface area contributed by atoms with Crippen molar-refractivity contribution in [3.05, 3.63) is 70.0 Å². The Labute approximate surface area is 203 Å². The largest absolute Gasteiger partial charge is 0.325 e. The zero-order chi connectivity index (χ0) is 23.3. The number of nitrogens with one attached hydrogen (secondary N) is 1. The Bertz CT molecular complexity index is 1040. The van der Waals surface area contributed by atoms with Crippen molar-refractivity contribution < 1.29 is 4.79 Å². The van der Waals surface area contributed by atoms with Crippen LogP contribution in [-0.4, -0.2) is 44.9 Å². The van der Waals surface area contributed by atoms with Crippen molar-refractivity contribution in [2.24, 2.45) is 0 Å². The summed E-state index contributed by atoms with van der Waals surface area (Å²) in [7, 11) is 4.07. The predicted octanol–water partition coefficient (Wildman–Crippen LogP) is 5.77. The van der Waals surface area contributed by atoms with E-state index in [-0.39, 0.29) is 11.9 Å². The monoisotopic (exact) mass is 491 g/mol. The zero-order valence-electron chi connectivity index (χ0n) is 18.5. The maximum absolute atomic E-state index is 12.8. The number of rotatable bonds is 9. The minimum absolute atomic E-state index is 0.123. The van der Waals surface area contributed by atoms with Crippen LogP contribution in [0.3, 0.4) is 0 Å². The quantitative estimate of drug-likeness (QED) is 0.385. The third-order valence-electron chi connectivity index (χ3n) is 5.02. The van der Waals surface area contributed by atoms with E-state index in [9.17, 15) is 4.79 Å². The molecule has 3 aromatic rings. The fraction of sp³-hybridized carbons (Fsp3) is 0.348. The molecule has 170 valence electrons. The van der Waals surface area contributed by atoms with E-state index in [4.69, 9.17) is 23.2 Å². The predicted molar refractivity (Wildman–Crippen MR) is 133 cm³/mol. The smallest absolute Gasteiger partial charge is 0.237 e. The summed E-state index contributed by atoms with van der Waals surface area (Å²) in [6, 6.07) is 15.3. The van der Waals surface area contributed by atoms with E-state index in [0.29, 0.717) is 27.4 Å². The Hall–Kier alpha value is -2.06. The Morgan fingerprint density at radius 2 is 1.78 bits per heavy atom. The van der Waals surface area contributed by atoms with Gasteiger partial charge in [0.15, 0.2) is 11.0 Å². The molecule has 2 aromatic carbocycles. The molecule has 0 saturated heterocycles. The average Bonchev–Trinajstić information content (AvgIpc) is 3.10. The van der Waals surface area contributed by atoms with Crippen molar-refractivity contribution in [3.63, 3.8) is 0 Å². The second-order valence-corrected chi connectivity index (χ2v) is 9.89. The van der Waals surface area contributed by atoms with Gasteiger partial charge >= 0.3 is 0 Å². The molecule has 0 spiro atoms. The van der Waals surface area contributed by atoms with Gasteiger partial charge in [0.2, 0.25) is 5.91 Å². The third kappa shape index (κ3) is 6.25. The Kier molecular flexibility index (Phi) is 8.59. The van der Waals surface area contributed by atoms with Crippen LogP contribution in [0.25, 0.3) is 0 Å². The number of anilines is 1. The minimum atomic E-state index is -0.404. The molecule has 0 saturated carbocycles. The van der Waals surface area contributed by atoms with Crippen LogP contribution in [-0.2, 0) is 11.3 Å². The Morgan fingerprint density at radius 3 is 2.38 bits per heavy atom. The molecule has 1 amide bonds. The molecule has 0 fully saturated rings. The van der Waals surface area contributed by atoms with E-state index in [2.05, 4.69) is 44.0 Å². The molecule has 6 nitrogen and oxygen atoms in total. The van der Waals surface area contributed by atoms with E-state index in [1.54, 1.807) is 18.2 Å². The lowest BCUT2D eigenvalue weighted by atomic mass is 10.2. The number of halogens is 2. The molecule has 1 N–H and O–H groups in total. The molecule has 0 aliphatic rings. The minimum Gasteiger partial charge on any atom is -0.325 e. The molecule has 3 rings (SSSR count). The van der Waals surface area contributed by atoms with E-state index in [1.807, 2.05) is 39.2 Å². The molecule has 32 heavy (non-hydrogen) atoms. The first-order chi connectivity index (χ1) is 15.3. The molecule has 2 atom stereocenters. The lowest BCUT2D eigenvalue weighted by Gasteiger charge is -2.23. The molecule has 0 aliphatic heterocycles. The average molecular weight is 492 g/mol. The van der Waals surface area contributed by atoms with Crippen LogP contribution in [0.1, 0.15) is 37.7 Å². The molecule has 2 unspecified atom stereocenters. The van der Waals surface area contributed by atoms with Crippen LogP contribution in [0.4, 0.5) is 5.69 Å². The van der Waals surface area contributed by atoms with Gasteiger partial charge in [-0.25, -0.2) is 0 Å². The van der Waals surface area contributed by atoms with E-state index in [1.165, 1.54) is 11.8 Å². The molecule has 0 aliphatic carbocycles. The summed E-state index contributed by atoms with van der Waals surface area (Å²) in [4.78, 5) is 15.0. The Balaban J connectivity index is 1.84. The van der Waals surface area contributed by atoms with Gasteiger partial charge in [0, 0.05) is 15.7 Å². The zero-order valence-corrected chi connectivity index (χ0v) is 20.9. The first kappa shape index (κ1) is 24.6. The van der Waals surface area contributed by atoms with E-state index >= 15 is 0 Å². The van der Waals surface area contributed by atoms with Crippen LogP contribution in [0, 0.1) is 0 Å². The molecule has 9 heteroatoms. The maximum Gasteiger partial charge on any atom is 0.237 e. The lowest BCUT2D eigenvalue weighted by molar-refractivity contribution is -0.115. The second-order valence-electron chi connectivity index (χ2n) is 7.71. The number of benzene rings is 2. The van der Waals surface area contributed by atoms with Gasteiger partial charge in [0.25, 0.3) is 0 Å². The number of nitrogens with zero attached hydrogens (tertiary/aromatic N) is 4. The van der Waals surface area contributed by atoms with Crippen molar-refractivity contribution in [2.75, 3.05) is 19.4 Å². The highest BCUT2D eigenvalue weighted by atomic mass is 35.5. The van der Waals surface area contributed by atoms with Crippen molar-refractivity contribution >= 4 is 46.6 Å². The van der Waals surface area contributed by atoms with Gasteiger partial charge in [-0.1, -0.05) is 72.2 Å². The number of thioether (sulfide) groups is 1. The summed E-state index contributed by atoms with van der Waals surface area (Å²) in [6.45, 7) is 4.61. The fourth-order valence-corrected chi connectivity index (χ4v) is 4.79. The molecule has 0 bridgehead atoms.